The zero-order valence-corrected chi connectivity index (χ0v) is 19.4. The summed E-state index contributed by atoms with van der Waals surface area (Å²) in [6.45, 7) is 5.70. The average Bonchev–Trinajstić information content (AvgIpc) is 3.21. The van der Waals surface area contributed by atoms with Crippen molar-refractivity contribution in [2.75, 3.05) is 26.0 Å². The molecule has 12 heteroatoms. The van der Waals surface area contributed by atoms with Crippen molar-refractivity contribution in [3.63, 3.8) is 0 Å². The van der Waals surface area contributed by atoms with Gasteiger partial charge in [0.1, 0.15) is 5.69 Å². The Morgan fingerprint density at radius 2 is 1.81 bits per heavy atom. The Morgan fingerprint density at radius 3 is 2.44 bits per heavy atom. The van der Waals surface area contributed by atoms with Crippen LogP contribution in [0.15, 0.2) is 34.9 Å². The largest absolute Gasteiger partial charge is 0.387 e. The second-order valence-corrected chi connectivity index (χ2v) is 9.68. The van der Waals surface area contributed by atoms with Gasteiger partial charge >= 0.3 is 0 Å². The molecule has 1 atom stereocenters. The molecule has 2 heterocycles. The molecule has 3 N–H and O–H groups in total. The fourth-order valence-corrected chi connectivity index (χ4v) is 3.36. The molecule has 0 aliphatic carbocycles. The van der Waals surface area contributed by atoms with Crippen LogP contribution in [0, 0.1) is 6.92 Å². The quantitative estimate of drug-likeness (QED) is 0.433. The van der Waals surface area contributed by atoms with Crippen LogP contribution >= 0.6 is 0 Å². The Balaban J connectivity index is 1.74. The van der Waals surface area contributed by atoms with Crippen LogP contribution in [0.4, 0.5) is 5.95 Å². The molecule has 172 valence electrons. The smallest absolute Gasteiger partial charge is 0.279 e. The van der Waals surface area contributed by atoms with Crippen molar-refractivity contribution in [1.29, 1.82) is 0 Å². The van der Waals surface area contributed by atoms with E-state index in [0.717, 1.165) is 10.00 Å². The Labute approximate surface area is 187 Å². The standard InChI is InChI=1S/C20H27N7O4S/c1-12(2)22-20-23-13(3)10-16(24-20)19-25-18(26-31-19)15-8-6-14(7-9-15)17(28)11-21-32(29,30)27(4)5/h6-10,12,17,21,28H,11H2,1-5H3,(H,22,23,24). The number of nitrogens with zero attached hydrogens (tertiary/aromatic N) is 5. The Hall–Kier alpha value is -2.93. The number of aliphatic hydroxyl groups excluding tert-OH is 1. The summed E-state index contributed by atoms with van der Waals surface area (Å²) in [5.41, 5.74) is 2.51. The van der Waals surface area contributed by atoms with E-state index in [2.05, 4.69) is 30.1 Å². The average molecular weight is 462 g/mol. The third-order valence-corrected chi connectivity index (χ3v) is 5.90. The van der Waals surface area contributed by atoms with Crippen LogP contribution in [0.3, 0.4) is 0 Å². The lowest BCUT2D eigenvalue weighted by Crippen LogP contribution is -2.37. The molecule has 0 aliphatic heterocycles. The van der Waals surface area contributed by atoms with Crippen molar-refractivity contribution in [2.45, 2.75) is 32.9 Å². The minimum absolute atomic E-state index is 0.147. The summed E-state index contributed by atoms with van der Waals surface area (Å²) in [5.74, 6) is 1.11. The predicted molar refractivity (Wildman–Crippen MR) is 120 cm³/mol. The summed E-state index contributed by atoms with van der Waals surface area (Å²) in [4.78, 5) is 13.2. The molecule has 0 saturated heterocycles. The monoisotopic (exact) mass is 461 g/mol. The Kier molecular flexibility index (Phi) is 7.19. The molecule has 3 aromatic rings. The first kappa shape index (κ1) is 23.7. The number of benzene rings is 1. The Bertz CT molecular complexity index is 1160. The summed E-state index contributed by atoms with van der Waals surface area (Å²) < 4.78 is 32.3. The van der Waals surface area contributed by atoms with Gasteiger partial charge in [0.2, 0.25) is 11.8 Å². The van der Waals surface area contributed by atoms with Crippen molar-refractivity contribution >= 4 is 16.2 Å². The van der Waals surface area contributed by atoms with Gasteiger partial charge in [-0.25, -0.2) is 9.97 Å². The highest BCUT2D eigenvalue weighted by atomic mass is 32.2. The summed E-state index contributed by atoms with van der Waals surface area (Å²) in [7, 11) is -0.793. The lowest BCUT2D eigenvalue weighted by molar-refractivity contribution is 0.181. The van der Waals surface area contributed by atoms with Gasteiger partial charge < -0.3 is 14.9 Å². The van der Waals surface area contributed by atoms with Gasteiger partial charge in [-0.2, -0.15) is 22.4 Å². The number of hydrogen-bond acceptors (Lipinski definition) is 9. The highest BCUT2D eigenvalue weighted by molar-refractivity contribution is 7.87. The zero-order chi connectivity index (χ0) is 23.5. The summed E-state index contributed by atoms with van der Waals surface area (Å²) >= 11 is 0. The lowest BCUT2D eigenvalue weighted by Gasteiger charge is -2.15. The first-order valence-corrected chi connectivity index (χ1v) is 11.4. The number of rotatable bonds is 9. The first-order valence-electron chi connectivity index (χ1n) is 9.97. The summed E-state index contributed by atoms with van der Waals surface area (Å²) in [5, 5.41) is 17.5. The van der Waals surface area contributed by atoms with Gasteiger partial charge in [-0.15, -0.1) is 0 Å². The SMILES string of the molecule is Cc1cc(-c2nc(-c3ccc(C(O)CNS(=O)(=O)N(C)C)cc3)no2)nc(NC(C)C)n1. The van der Waals surface area contributed by atoms with Crippen LogP contribution in [0.2, 0.25) is 0 Å². The maximum Gasteiger partial charge on any atom is 0.279 e. The van der Waals surface area contributed by atoms with Crippen molar-refractivity contribution < 1.29 is 18.0 Å². The summed E-state index contributed by atoms with van der Waals surface area (Å²) in [6.07, 6.45) is -1.00. The maximum absolute atomic E-state index is 11.8. The molecule has 0 bridgehead atoms. The van der Waals surface area contributed by atoms with Gasteiger partial charge in [0.05, 0.1) is 6.10 Å². The van der Waals surface area contributed by atoms with Gasteiger partial charge in [-0.3, -0.25) is 0 Å². The second kappa shape index (κ2) is 9.69. The molecule has 32 heavy (non-hydrogen) atoms. The molecule has 3 rings (SSSR count). The number of hydrogen-bond donors (Lipinski definition) is 3. The molecule has 2 aromatic heterocycles. The molecule has 0 saturated carbocycles. The third-order valence-electron chi connectivity index (χ3n) is 4.41. The maximum atomic E-state index is 11.8. The van der Waals surface area contributed by atoms with Crippen molar-refractivity contribution in [3.8, 4) is 23.0 Å². The highest BCUT2D eigenvalue weighted by Gasteiger charge is 2.17. The molecular weight excluding hydrogens is 434 g/mol. The fraction of sp³-hybridized carbons (Fsp3) is 0.400. The van der Waals surface area contributed by atoms with E-state index in [1.807, 2.05) is 20.8 Å². The van der Waals surface area contributed by atoms with Crippen LogP contribution in [0.5, 0.6) is 0 Å². The van der Waals surface area contributed by atoms with Crippen LogP contribution in [0.1, 0.15) is 31.2 Å². The van der Waals surface area contributed by atoms with E-state index >= 15 is 0 Å². The van der Waals surface area contributed by atoms with Crippen LogP contribution in [-0.4, -0.2) is 64.6 Å². The third kappa shape index (κ3) is 5.85. The van der Waals surface area contributed by atoms with Gasteiger partial charge in [-0.05, 0) is 32.4 Å². The van der Waals surface area contributed by atoms with E-state index in [0.29, 0.717) is 28.6 Å². The van der Waals surface area contributed by atoms with E-state index < -0.39 is 16.3 Å². The van der Waals surface area contributed by atoms with Gasteiger partial charge in [0, 0.05) is 37.9 Å². The number of aryl methyl sites for hydroxylation is 1. The van der Waals surface area contributed by atoms with Gasteiger partial charge in [-0.1, -0.05) is 29.4 Å². The van der Waals surface area contributed by atoms with Gasteiger partial charge in [0.15, 0.2) is 0 Å². The topological polar surface area (TPSA) is 146 Å². The Morgan fingerprint density at radius 1 is 1.12 bits per heavy atom. The highest BCUT2D eigenvalue weighted by Crippen LogP contribution is 2.24. The van der Waals surface area contributed by atoms with E-state index in [1.165, 1.54) is 14.1 Å². The number of anilines is 1. The van der Waals surface area contributed by atoms with Crippen molar-refractivity contribution in [3.05, 3.63) is 41.6 Å². The molecule has 0 amide bonds. The molecule has 0 spiro atoms. The molecular formula is C20H27N7O4S. The van der Waals surface area contributed by atoms with Crippen molar-refractivity contribution in [2.24, 2.45) is 0 Å². The molecule has 0 aliphatic rings. The first-order chi connectivity index (χ1) is 15.0. The minimum atomic E-state index is -3.61. The normalized spacial score (nSPS) is 13.0. The second-order valence-electron chi connectivity index (χ2n) is 7.71. The molecule has 0 radical (unpaired) electrons. The van der Waals surface area contributed by atoms with Crippen molar-refractivity contribution in [1.82, 2.24) is 29.1 Å². The van der Waals surface area contributed by atoms with Gasteiger partial charge in [0.25, 0.3) is 16.1 Å². The molecule has 1 unspecified atom stereocenters. The molecule has 11 nitrogen and oxygen atoms in total. The minimum Gasteiger partial charge on any atom is -0.387 e. The van der Waals surface area contributed by atoms with Crippen LogP contribution in [-0.2, 0) is 10.2 Å². The van der Waals surface area contributed by atoms with E-state index in [4.69, 9.17) is 4.52 Å². The molecule has 0 fully saturated rings. The van der Waals surface area contributed by atoms with Crippen LogP contribution < -0.4 is 10.0 Å². The number of nitrogens with one attached hydrogen (secondary N) is 2. The summed E-state index contributed by atoms with van der Waals surface area (Å²) in [6, 6.07) is 8.75. The number of aliphatic hydroxyl groups is 1. The fourth-order valence-electron chi connectivity index (χ4n) is 2.73. The van der Waals surface area contributed by atoms with E-state index in [9.17, 15) is 13.5 Å². The number of aromatic nitrogens is 4. The van der Waals surface area contributed by atoms with E-state index in [1.54, 1.807) is 30.3 Å². The zero-order valence-electron chi connectivity index (χ0n) is 18.6. The van der Waals surface area contributed by atoms with E-state index in [-0.39, 0.29) is 18.5 Å². The molecule has 1 aromatic carbocycles. The predicted octanol–water partition coefficient (Wildman–Crippen LogP) is 1.75. The van der Waals surface area contributed by atoms with Crippen LogP contribution in [0.25, 0.3) is 23.0 Å². The lowest BCUT2D eigenvalue weighted by atomic mass is 10.1.